The van der Waals surface area contributed by atoms with E-state index >= 15 is 0 Å². The quantitative estimate of drug-likeness (QED) is 0.455. The summed E-state index contributed by atoms with van der Waals surface area (Å²) in [6.45, 7) is 11.7. The third kappa shape index (κ3) is 12.3. The fraction of sp³-hybridized carbons (Fsp3) is 0.600. The molecule has 0 unspecified atom stereocenters. The van der Waals surface area contributed by atoms with E-state index in [0.717, 1.165) is 25.4 Å². The fourth-order valence-corrected chi connectivity index (χ4v) is 2.09. The highest BCUT2D eigenvalue weighted by Crippen LogP contribution is 2.24. The molecule has 0 fully saturated rings. The molecule has 26 heavy (non-hydrogen) atoms. The zero-order valence-electron chi connectivity index (χ0n) is 16.4. The van der Waals surface area contributed by atoms with Crippen molar-refractivity contribution in [1.82, 2.24) is 5.32 Å². The summed E-state index contributed by atoms with van der Waals surface area (Å²) in [4.78, 5) is 18.2. The van der Waals surface area contributed by atoms with Gasteiger partial charge in [-0.15, -0.1) is 0 Å². The van der Waals surface area contributed by atoms with Crippen molar-refractivity contribution >= 4 is 11.9 Å². The number of aliphatic carboxylic acids is 2. The summed E-state index contributed by atoms with van der Waals surface area (Å²) < 4.78 is 5.74. The largest absolute Gasteiger partial charge is 0.492 e. The van der Waals surface area contributed by atoms with Crippen LogP contribution in [0.15, 0.2) is 24.3 Å². The monoisotopic (exact) mass is 367 g/mol. The van der Waals surface area contributed by atoms with Crippen LogP contribution in [0.25, 0.3) is 0 Å². The van der Waals surface area contributed by atoms with E-state index < -0.39 is 11.9 Å². The topological polar surface area (TPSA) is 95.9 Å². The van der Waals surface area contributed by atoms with Crippen LogP contribution in [0.1, 0.15) is 58.9 Å². The molecule has 0 atom stereocenters. The van der Waals surface area contributed by atoms with Gasteiger partial charge in [0.05, 0.1) is 0 Å². The van der Waals surface area contributed by atoms with E-state index in [1.54, 1.807) is 0 Å². The maximum Gasteiger partial charge on any atom is 0.414 e. The van der Waals surface area contributed by atoms with Crippen LogP contribution in [0.4, 0.5) is 0 Å². The molecule has 0 aromatic heterocycles. The normalized spacial score (nSPS) is 10.6. The Bertz CT molecular complexity index is 508. The second-order valence-corrected chi connectivity index (χ2v) is 7.04. The molecule has 0 saturated carbocycles. The molecule has 3 N–H and O–H groups in total. The van der Waals surface area contributed by atoms with Gasteiger partial charge in [0, 0.05) is 6.54 Å². The van der Waals surface area contributed by atoms with Crippen molar-refractivity contribution < 1.29 is 24.5 Å². The van der Waals surface area contributed by atoms with Gasteiger partial charge in [-0.1, -0.05) is 59.1 Å². The van der Waals surface area contributed by atoms with E-state index in [4.69, 9.17) is 24.5 Å². The van der Waals surface area contributed by atoms with Crippen molar-refractivity contribution in [2.24, 2.45) is 0 Å². The molecular formula is C20H33NO5. The minimum atomic E-state index is -1.82. The number of unbranched alkanes of at least 4 members (excludes halogenated alkanes) is 3. The third-order valence-electron chi connectivity index (χ3n) is 3.66. The highest BCUT2D eigenvalue weighted by Gasteiger charge is 2.12. The summed E-state index contributed by atoms with van der Waals surface area (Å²) in [5.74, 6) is -2.68. The summed E-state index contributed by atoms with van der Waals surface area (Å²) in [7, 11) is 0. The second kappa shape index (κ2) is 13.2. The zero-order chi connectivity index (χ0) is 20.0. The molecule has 148 valence electrons. The van der Waals surface area contributed by atoms with Gasteiger partial charge in [0.1, 0.15) is 12.4 Å². The van der Waals surface area contributed by atoms with Crippen LogP contribution in [-0.2, 0) is 15.0 Å². The molecule has 6 heteroatoms. The predicted octanol–water partition coefficient (Wildman–Crippen LogP) is 3.69. The summed E-state index contributed by atoms with van der Waals surface area (Å²) in [5.41, 5.74) is 1.55. The van der Waals surface area contributed by atoms with Crippen LogP contribution < -0.4 is 10.1 Å². The Hall–Kier alpha value is -2.08. The SMILES string of the molecule is CCCCCCNCCOc1ccc(C(C)(C)C)cc1.O=C(O)C(=O)O. The van der Waals surface area contributed by atoms with Crippen LogP contribution in [0.2, 0.25) is 0 Å². The lowest BCUT2D eigenvalue weighted by Crippen LogP contribution is -2.22. The van der Waals surface area contributed by atoms with Crippen molar-refractivity contribution in [3.63, 3.8) is 0 Å². The van der Waals surface area contributed by atoms with Crippen LogP contribution in [0.3, 0.4) is 0 Å². The fourth-order valence-electron chi connectivity index (χ4n) is 2.09. The van der Waals surface area contributed by atoms with Gasteiger partial charge >= 0.3 is 11.9 Å². The number of rotatable bonds is 9. The maximum absolute atomic E-state index is 9.10. The number of carbonyl (C=O) groups is 2. The standard InChI is InChI=1S/C18H31NO.C2H2O4/c1-5-6-7-8-13-19-14-15-20-17-11-9-16(10-12-17)18(2,3)4;3-1(4)2(5)6/h9-12,19H,5-8,13-15H2,1-4H3;(H,3,4)(H,5,6). The smallest absolute Gasteiger partial charge is 0.414 e. The van der Waals surface area contributed by atoms with Gasteiger partial charge in [-0.05, 0) is 36.1 Å². The van der Waals surface area contributed by atoms with Gasteiger partial charge in [0.2, 0.25) is 0 Å². The lowest BCUT2D eigenvalue weighted by molar-refractivity contribution is -0.159. The molecule has 0 spiro atoms. The van der Waals surface area contributed by atoms with Gasteiger partial charge in [0.25, 0.3) is 0 Å². The van der Waals surface area contributed by atoms with Crippen molar-refractivity contribution in [2.75, 3.05) is 19.7 Å². The average molecular weight is 367 g/mol. The Kier molecular flexibility index (Phi) is 12.1. The van der Waals surface area contributed by atoms with Crippen LogP contribution >= 0.6 is 0 Å². The summed E-state index contributed by atoms with van der Waals surface area (Å²) >= 11 is 0. The van der Waals surface area contributed by atoms with Gasteiger partial charge in [0.15, 0.2) is 0 Å². The Morgan fingerprint density at radius 1 is 0.962 bits per heavy atom. The number of ether oxygens (including phenoxy) is 1. The zero-order valence-corrected chi connectivity index (χ0v) is 16.4. The number of hydrogen-bond acceptors (Lipinski definition) is 4. The third-order valence-corrected chi connectivity index (χ3v) is 3.66. The van der Waals surface area contributed by atoms with E-state index in [1.165, 1.54) is 31.2 Å². The van der Waals surface area contributed by atoms with E-state index in [-0.39, 0.29) is 5.41 Å². The molecule has 0 aliphatic carbocycles. The van der Waals surface area contributed by atoms with Crippen molar-refractivity contribution in [3.8, 4) is 5.75 Å². The van der Waals surface area contributed by atoms with Gasteiger partial charge in [-0.2, -0.15) is 0 Å². The van der Waals surface area contributed by atoms with Crippen molar-refractivity contribution in [1.29, 1.82) is 0 Å². The molecule has 0 aliphatic rings. The Morgan fingerprint density at radius 3 is 2.00 bits per heavy atom. The molecule has 0 radical (unpaired) electrons. The molecule has 0 saturated heterocycles. The maximum atomic E-state index is 9.10. The van der Waals surface area contributed by atoms with Gasteiger partial charge in [-0.25, -0.2) is 9.59 Å². The molecule has 0 heterocycles. The molecule has 6 nitrogen and oxygen atoms in total. The number of nitrogens with one attached hydrogen (secondary N) is 1. The first-order valence-electron chi connectivity index (χ1n) is 9.08. The number of hydrogen-bond donors (Lipinski definition) is 3. The molecule has 1 aromatic carbocycles. The van der Waals surface area contributed by atoms with Gasteiger partial charge in [-0.3, -0.25) is 0 Å². The van der Waals surface area contributed by atoms with Crippen LogP contribution in [0.5, 0.6) is 5.75 Å². The second-order valence-electron chi connectivity index (χ2n) is 7.04. The van der Waals surface area contributed by atoms with Gasteiger partial charge < -0.3 is 20.3 Å². The lowest BCUT2D eigenvalue weighted by atomic mass is 9.87. The van der Waals surface area contributed by atoms with E-state index in [0.29, 0.717) is 0 Å². The summed E-state index contributed by atoms with van der Waals surface area (Å²) in [6.07, 6.45) is 5.25. The molecule has 0 amide bonds. The molecule has 1 aromatic rings. The van der Waals surface area contributed by atoms with Crippen LogP contribution in [0, 0.1) is 0 Å². The minimum Gasteiger partial charge on any atom is -0.492 e. The predicted molar refractivity (Wildman–Crippen MR) is 103 cm³/mol. The van der Waals surface area contributed by atoms with Crippen LogP contribution in [-0.4, -0.2) is 41.8 Å². The minimum absolute atomic E-state index is 0.207. The number of carboxylic acid groups (broad SMARTS) is 2. The summed E-state index contributed by atoms with van der Waals surface area (Å²) in [6, 6.07) is 8.46. The van der Waals surface area contributed by atoms with E-state index in [2.05, 4.69) is 57.3 Å². The Balaban J connectivity index is 0.000000896. The lowest BCUT2D eigenvalue weighted by Gasteiger charge is -2.19. The van der Waals surface area contributed by atoms with Crippen molar-refractivity contribution in [3.05, 3.63) is 29.8 Å². The van der Waals surface area contributed by atoms with E-state index in [9.17, 15) is 0 Å². The van der Waals surface area contributed by atoms with E-state index in [1.807, 2.05) is 0 Å². The Labute approximate surface area is 156 Å². The van der Waals surface area contributed by atoms with Crippen molar-refractivity contribution in [2.45, 2.75) is 58.8 Å². The number of carboxylic acids is 2. The summed E-state index contributed by atoms with van der Waals surface area (Å²) in [5, 5.41) is 18.2. The molecular weight excluding hydrogens is 334 g/mol. The first-order chi connectivity index (χ1) is 12.2. The highest BCUT2D eigenvalue weighted by molar-refractivity contribution is 6.27. The molecule has 1 rings (SSSR count). The number of benzene rings is 1. The first kappa shape index (κ1) is 23.9. The average Bonchev–Trinajstić information content (AvgIpc) is 2.57. The highest BCUT2D eigenvalue weighted by atomic mass is 16.5. The first-order valence-corrected chi connectivity index (χ1v) is 9.08. The molecule has 0 bridgehead atoms. The Morgan fingerprint density at radius 2 is 1.54 bits per heavy atom. The molecule has 0 aliphatic heterocycles.